The number of esters is 1. The zero-order valence-corrected chi connectivity index (χ0v) is 24.5. The van der Waals surface area contributed by atoms with Gasteiger partial charge in [-0.3, -0.25) is 9.36 Å². The standard InChI is InChI=1S/C26H21BrN4O4S3/c1-4-34-23(33)20-14(2)30-26-31(21(20)15-6-8-17(36-3)9-7-15)22(32)19(37-26)13-16-12-18(27)24(35-16)38-25-28-10-5-11-29-25/h5-13,21H,4H2,1-3H3/b19-13+/t21-/m0/s1. The van der Waals surface area contributed by atoms with Gasteiger partial charge in [0.15, 0.2) is 15.1 Å². The minimum Gasteiger partial charge on any atom is -0.463 e. The lowest BCUT2D eigenvalue weighted by Crippen LogP contribution is -2.39. The number of thiazole rings is 1. The second-order valence-corrected chi connectivity index (χ2v) is 11.7. The second kappa shape index (κ2) is 11.4. The lowest BCUT2D eigenvalue weighted by Gasteiger charge is -2.24. The Labute approximate surface area is 238 Å². The highest BCUT2D eigenvalue weighted by atomic mass is 79.9. The first-order chi connectivity index (χ1) is 18.4. The van der Waals surface area contributed by atoms with E-state index in [0.29, 0.717) is 36.6 Å². The number of carbonyl (C=O) groups is 1. The quantitative estimate of drug-likeness (QED) is 0.163. The van der Waals surface area contributed by atoms with E-state index >= 15 is 0 Å². The molecule has 5 rings (SSSR count). The molecular formula is C26H21BrN4O4S3. The Kier molecular flexibility index (Phi) is 8.03. The zero-order valence-electron chi connectivity index (χ0n) is 20.5. The molecular weight excluding hydrogens is 608 g/mol. The van der Waals surface area contributed by atoms with E-state index in [0.717, 1.165) is 14.9 Å². The summed E-state index contributed by atoms with van der Waals surface area (Å²) in [6.45, 7) is 3.74. The summed E-state index contributed by atoms with van der Waals surface area (Å²) >= 11 is 7.65. The van der Waals surface area contributed by atoms with Crippen LogP contribution in [0, 0.1) is 0 Å². The van der Waals surface area contributed by atoms with Crippen molar-refractivity contribution in [2.45, 2.75) is 35.0 Å². The van der Waals surface area contributed by atoms with E-state index in [1.54, 1.807) is 60.8 Å². The van der Waals surface area contributed by atoms with Gasteiger partial charge in [-0.25, -0.2) is 19.8 Å². The molecule has 1 aromatic carbocycles. The van der Waals surface area contributed by atoms with Crippen molar-refractivity contribution in [3.05, 3.63) is 95.5 Å². The van der Waals surface area contributed by atoms with Gasteiger partial charge < -0.3 is 9.15 Å². The maximum Gasteiger partial charge on any atom is 0.338 e. The molecule has 1 aliphatic rings. The third kappa shape index (κ3) is 5.31. The predicted molar refractivity (Wildman–Crippen MR) is 151 cm³/mol. The number of allylic oxidation sites excluding steroid dienone is 1. The minimum absolute atomic E-state index is 0.222. The number of thioether (sulfide) groups is 1. The van der Waals surface area contributed by atoms with Gasteiger partial charge in [0.1, 0.15) is 5.76 Å². The minimum atomic E-state index is -0.659. The first-order valence-electron chi connectivity index (χ1n) is 11.5. The molecule has 0 saturated heterocycles. The maximum atomic E-state index is 13.8. The summed E-state index contributed by atoms with van der Waals surface area (Å²) in [5.74, 6) is 0.00418. The Morgan fingerprint density at radius 1 is 1.26 bits per heavy atom. The molecule has 8 nitrogen and oxygen atoms in total. The van der Waals surface area contributed by atoms with E-state index in [1.165, 1.54) is 23.1 Å². The van der Waals surface area contributed by atoms with Crippen molar-refractivity contribution in [2.75, 3.05) is 12.9 Å². The normalized spacial score (nSPS) is 15.4. The summed E-state index contributed by atoms with van der Waals surface area (Å²) in [6, 6.07) is 10.7. The van der Waals surface area contributed by atoms with Gasteiger partial charge >= 0.3 is 5.97 Å². The summed E-state index contributed by atoms with van der Waals surface area (Å²) in [6.07, 6.45) is 6.99. The molecule has 0 N–H and O–H groups in total. The van der Waals surface area contributed by atoms with Gasteiger partial charge in [-0.05, 0) is 77.6 Å². The molecule has 4 heterocycles. The summed E-state index contributed by atoms with van der Waals surface area (Å²) < 4.78 is 14.1. The van der Waals surface area contributed by atoms with Gasteiger partial charge in [0.25, 0.3) is 5.56 Å². The van der Waals surface area contributed by atoms with E-state index in [1.807, 2.05) is 30.5 Å². The molecule has 1 atom stereocenters. The Bertz CT molecular complexity index is 1710. The maximum absolute atomic E-state index is 13.8. The van der Waals surface area contributed by atoms with Crippen molar-refractivity contribution in [1.29, 1.82) is 0 Å². The summed E-state index contributed by atoms with van der Waals surface area (Å²) in [7, 11) is 0. The topological polar surface area (TPSA) is 99.6 Å². The van der Waals surface area contributed by atoms with Crippen LogP contribution in [0.15, 0.2) is 93.9 Å². The van der Waals surface area contributed by atoms with Crippen LogP contribution < -0.4 is 14.9 Å². The smallest absolute Gasteiger partial charge is 0.338 e. The Morgan fingerprint density at radius 2 is 2.00 bits per heavy atom. The van der Waals surface area contributed by atoms with E-state index in [9.17, 15) is 9.59 Å². The lowest BCUT2D eigenvalue weighted by atomic mass is 9.96. The number of fused-ring (bicyclic) bond motifs is 1. The lowest BCUT2D eigenvalue weighted by molar-refractivity contribution is -0.139. The van der Waals surface area contributed by atoms with Crippen molar-refractivity contribution in [2.24, 2.45) is 4.99 Å². The van der Waals surface area contributed by atoms with Crippen LogP contribution in [0.5, 0.6) is 0 Å². The predicted octanol–water partition coefficient (Wildman–Crippen LogP) is 4.82. The molecule has 0 saturated carbocycles. The van der Waals surface area contributed by atoms with E-state index in [-0.39, 0.29) is 12.2 Å². The molecule has 0 amide bonds. The summed E-state index contributed by atoms with van der Waals surface area (Å²) in [4.78, 5) is 41.4. The first kappa shape index (κ1) is 26.7. The van der Waals surface area contributed by atoms with Crippen LogP contribution in [0.2, 0.25) is 0 Å². The first-order valence-corrected chi connectivity index (χ1v) is 15.1. The van der Waals surface area contributed by atoms with Crippen LogP contribution in [0.25, 0.3) is 6.08 Å². The fraction of sp³-hybridized carbons (Fsp3) is 0.192. The average molecular weight is 630 g/mol. The molecule has 194 valence electrons. The number of hydrogen-bond acceptors (Lipinski definition) is 10. The van der Waals surface area contributed by atoms with Crippen LogP contribution in [-0.4, -0.2) is 33.4 Å². The number of furan rings is 1. The van der Waals surface area contributed by atoms with Gasteiger partial charge in [0.05, 0.1) is 32.9 Å². The van der Waals surface area contributed by atoms with Crippen molar-refractivity contribution in [1.82, 2.24) is 14.5 Å². The van der Waals surface area contributed by atoms with Crippen LogP contribution in [0.3, 0.4) is 0 Å². The number of halogens is 1. The van der Waals surface area contributed by atoms with Gasteiger partial charge in [-0.2, -0.15) is 0 Å². The number of carbonyl (C=O) groups excluding carboxylic acids is 1. The molecule has 0 spiro atoms. The number of benzene rings is 1. The molecule has 12 heteroatoms. The van der Waals surface area contributed by atoms with Gasteiger partial charge in [0.2, 0.25) is 0 Å². The molecule has 38 heavy (non-hydrogen) atoms. The summed E-state index contributed by atoms with van der Waals surface area (Å²) in [5.41, 5.74) is 1.41. The largest absolute Gasteiger partial charge is 0.463 e. The molecule has 0 radical (unpaired) electrons. The SMILES string of the molecule is CCOC(=O)C1=C(C)N=c2s/c(=C/c3cc(Br)c(Sc4ncccn4)o3)c(=O)n2[C@H]1c1ccc(SC)cc1. The Hall–Kier alpha value is -2.93. The number of aromatic nitrogens is 3. The fourth-order valence-electron chi connectivity index (χ4n) is 3.95. The van der Waals surface area contributed by atoms with Crippen molar-refractivity contribution in [3.8, 4) is 0 Å². The van der Waals surface area contributed by atoms with E-state index < -0.39 is 12.0 Å². The highest BCUT2D eigenvalue weighted by Gasteiger charge is 2.33. The summed E-state index contributed by atoms with van der Waals surface area (Å²) in [5, 5.41) is 1.12. The van der Waals surface area contributed by atoms with Crippen molar-refractivity contribution >= 4 is 62.8 Å². The highest BCUT2D eigenvalue weighted by Crippen LogP contribution is 2.35. The van der Waals surface area contributed by atoms with Crippen molar-refractivity contribution < 1.29 is 13.9 Å². The second-order valence-electron chi connectivity index (χ2n) is 7.99. The molecule has 0 bridgehead atoms. The third-order valence-corrected chi connectivity index (χ3v) is 9.08. The monoisotopic (exact) mass is 628 g/mol. The molecule has 1 aliphatic heterocycles. The average Bonchev–Trinajstić information content (AvgIpc) is 3.41. The molecule has 0 unspecified atom stereocenters. The van der Waals surface area contributed by atoms with Crippen molar-refractivity contribution in [3.63, 3.8) is 0 Å². The highest BCUT2D eigenvalue weighted by molar-refractivity contribution is 9.10. The van der Waals surface area contributed by atoms with E-state index in [4.69, 9.17) is 9.15 Å². The number of ether oxygens (including phenoxy) is 1. The number of hydrogen-bond donors (Lipinski definition) is 0. The Morgan fingerprint density at radius 3 is 2.68 bits per heavy atom. The van der Waals surface area contributed by atoms with Gasteiger partial charge in [0, 0.05) is 23.4 Å². The number of rotatable bonds is 7. The molecule has 3 aromatic heterocycles. The van der Waals surface area contributed by atoms with E-state index in [2.05, 4.69) is 30.9 Å². The Balaban J connectivity index is 1.61. The molecule has 4 aromatic rings. The van der Waals surface area contributed by atoms with Crippen LogP contribution in [-0.2, 0) is 9.53 Å². The van der Waals surface area contributed by atoms with Crippen LogP contribution in [0.4, 0.5) is 0 Å². The van der Waals surface area contributed by atoms with Gasteiger partial charge in [-0.15, -0.1) is 11.8 Å². The molecule has 0 aliphatic carbocycles. The molecule has 0 fully saturated rings. The van der Waals surface area contributed by atoms with Crippen LogP contribution in [0.1, 0.15) is 31.2 Å². The van der Waals surface area contributed by atoms with Crippen LogP contribution >= 0.6 is 50.8 Å². The number of nitrogens with zero attached hydrogens (tertiary/aromatic N) is 4. The third-order valence-electron chi connectivity index (χ3n) is 5.62. The fourth-order valence-corrected chi connectivity index (χ4v) is 6.62. The van der Waals surface area contributed by atoms with Gasteiger partial charge in [-0.1, -0.05) is 23.5 Å². The zero-order chi connectivity index (χ0) is 26.8.